The molecular weight excluding hydrogens is 446 g/mol. The maximum Gasteiger partial charge on any atom is 0.255 e. The van der Waals surface area contributed by atoms with Crippen molar-refractivity contribution in [1.29, 1.82) is 0 Å². The van der Waals surface area contributed by atoms with Gasteiger partial charge in [0.2, 0.25) is 0 Å². The van der Waals surface area contributed by atoms with E-state index in [1.807, 2.05) is 60.7 Å². The average Bonchev–Trinajstić information content (AvgIpc) is 2.67. The Morgan fingerprint density at radius 2 is 1.89 bits per heavy atom. The smallest absolute Gasteiger partial charge is 0.255 e. The van der Waals surface area contributed by atoms with E-state index in [9.17, 15) is 4.79 Å². The molecule has 3 nitrogen and oxygen atoms in total. The zero-order chi connectivity index (χ0) is 19.2. The van der Waals surface area contributed by atoms with Crippen molar-refractivity contribution in [3.63, 3.8) is 0 Å². The monoisotopic (exact) mass is 461 g/mol. The highest BCUT2D eigenvalue weighted by molar-refractivity contribution is 9.10. The van der Waals surface area contributed by atoms with Crippen molar-refractivity contribution in [3.8, 4) is 5.75 Å². The number of ether oxygens (including phenoxy) is 1. The number of thioether (sulfide) groups is 1. The Bertz CT molecular complexity index is 947. The van der Waals surface area contributed by atoms with Crippen LogP contribution in [-0.2, 0) is 5.75 Å². The second kappa shape index (κ2) is 9.31. The molecule has 3 rings (SSSR count). The SMILES string of the molecule is COc1ccc(C(=O)Nc2cccc(Br)c2)cc1CSc1ccc(Cl)cc1. The van der Waals surface area contributed by atoms with Crippen LogP contribution in [0.4, 0.5) is 5.69 Å². The lowest BCUT2D eigenvalue weighted by Gasteiger charge is -2.11. The first-order chi connectivity index (χ1) is 13.0. The Morgan fingerprint density at radius 1 is 1.11 bits per heavy atom. The van der Waals surface area contributed by atoms with Crippen molar-refractivity contribution < 1.29 is 9.53 Å². The third-order valence-electron chi connectivity index (χ3n) is 3.83. The van der Waals surface area contributed by atoms with Crippen LogP contribution in [0.25, 0.3) is 0 Å². The number of hydrogen-bond donors (Lipinski definition) is 1. The van der Waals surface area contributed by atoms with Gasteiger partial charge in [0.15, 0.2) is 0 Å². The predicted molar refractivity (Wildman–Crippen MR) is 116 cm³/mol. The number of anilines is 1. The van der Waals surface area contributed by atoms with Crippen LogP contribution in [0, 0.1) is 0 Å². The van der Waals surface area contributed by atoms with Gasteiger partial charge in [-0.25, -0.2) is 0 Å². The molecule has 27 heavy (non-hydrogen) atoms. The van der Waals surface area contributed by atoms with Crippen LogP contribution in [0.15, 0.2) is 76.1 Å². The quantitative estimate of drug-likeness (QED) is 0.416. The fourth-order valence-corrected chi connectivity index (χ4v) is 3.90. The van der Waals surface area contributed by atoms with E-state index in [1.165, 1.54) is 0 Å². The summed E-state index contributed by atoms with van der Waals surface area (Å²) >= 11 is 11.0. The number of benzene rings is 3. The van der Waals surface area contributed by atoms with Gasteiger partial charge < -0.3 is 10.1 Å². The summed E-state index contributed by atoms with van der Waals surface area (Å²) in [7, 11) is 1.63. The molecule has 1 N–H and O–H groups in total. The van der Waals surface area contributed by atoms with E-state index < -0.39 is 0 Å². The molecule has 0 saturated carbocycles. The number of rotatable bonds is 6. The standard InChI is InChI=1S/C21H17BrClNO2S/c1-26-20-10-5-14(21(25)24-18-4-2-3-16(22)12-18)11-15(20)13-27-19-8-6-17(23)7-9-19/h2-12H,13H2,1H3,(H,24,25). The van der Waals surface area contributed by atoms with Crippen LogP contribution in [-0.4, -0.2) is 13.0 Å². The van der Waals surface area contributed by atoms with Crippen molar-refractivity contribution in [2.24, 2.45) is 0 Å². The van der Waals surface area contributed by atoms with Gasteiger partial charge in [0.05, 0.1) is 7.11 Å². The zero-order valence-corrected chi connectivity index (χ0v) is 17.7. The topological polar surface area (TPSA) is 38.3 Å². The molecule has 138 valence electrons. The summed E-state index contributed by atoms with van der Waals surface area (Å²) < 4.78 is 6.36. The maximum atomic E-state index is 12.6. The van der Waals surface area contributed by atoms with Crippen LogP contribution in [0.2, 0.25) is 5.02 Å². The predicted octanol–water partition coefficient (Wildman–Crippen LogP) is 6.66. The van der Waals surface area contributed by atoms with E-state index in [-0.39, 0.29) is 5.91 Å². The first-order valence-electron chi connectivity index (χ1n) is 8.17. The van der Waals surface area contributed by atoms with Gasteiger partial charge in [-0.2, -0.15) is 0 Å². The second-order valence-corrected chi connectivity index (χ2v) is 8.13. The molecule has 0 unspecified atom stereocenters. The number of amides is 1. The van der Waals surface area contributed by atoms with Gasteiger partial charge in [0.25, 0.3) is 5.91 Å². The summed E-state index contributed by atoms with van der Waals surface area (Å²) in [5, 5.41) is 3.62. The molecule has 0 aromatic heterocycles. The third-order valence-corrected chi connectivity index (χ3v) is 5.64. The summed E-state index contributed by atoms with van der Waals surface area (Å²) in [6, 6.07) is 20.6. The normalized spacial score (nSPS) is 10.5. The second-order valence-electron chi connectivity index (χ2n) is 5.73. The zero-order valence-electron chi connectivity index (χ0n) is 14.5. The molecule has 0 fully saturated rings. The number of carbonyl (C=O) groups excluding carboxylic acids is 1. The van der Waals surface area contributed by atoms with Crippen LogP contribution in [0.3, 0.4) is 0 Å². The summed E-state index contributed by atoms with van der Waals surface area (Å²) in [6.07, 6.45) is 0. The van der Waals surface area contributed by atoms with Crippen molar-refractivity contribution in [3.05, 3.63) is 87.4 Å². The van der Waals surface area contributed by atoms with Gasteiger partial charge in [-0.15, -0.1) is 11.8 Å². The van der Waals surface area contributed by atoms with Crippen LogP contribution >= 0.6 is 39.3 Å². The summed E-state index contributed by atoms with van der Waals surface area (Å²) in [5.41, 5.74) is 2.28. The van der Waals surface area contributed by atoms with Crippen LogP contribution in [0.5, 0.6) is 5.75 Å². The number of methoxy groups -OCH3 is 1. The van der Waals surface area contributed by atoms with Gasteiger partial charge in [-0.05, 0) is 60.7 Å². The van der Waals surface area contributed by atoms with Gasteiger partial charge in [0.1, 0.15) is 5.75 Å². The molecule has 0 spiro atoms. The van der Waals surface area contributed by atoms with Gasteiger partial charge in [-0.3, -0.25) is 4.79 Å². The molecular formula is C21H17BrClNO2S. The summed E-state index contributed by atoms with van der Waals surface area (Å²) in [4.78, 5) is 13.7. The largest absolute Gasteiger partial charge is 0.496 e. The minimum atomic E-state index is -0.159. The molecule has 0 atom stereocenters. The highest BCUT2D eigenvalue weighted by Crippen LogP contribution is 2.30. The van der Waals surface area contributed by atoms with Crippen molar-refractivity contribution in [2.45, 2.75) is 10.6 Å². The summed E-state index contributed by atoms with van der Waals surface area (Å²) in [6.45, 7) is 0. The van der Waals surface area contributed by atoms with E-state index in [0.29, 0.717) is 16.3 Å². The summed E-state index contributed by atoms with van der Waals surface area (Å²) in [5.74, 6) is 1.28. The van der Waals surface area contributed by atoms with Crippen molar-refractivity contribution in [2.75, 3.05) is 12.4 Å². The number of hydrogen-bond acceptors (Lipinski definition) is 3. The highest BCUT2D eigenvalue weighted by atomic mass is 79.9. The maximum absolute atomic E-state index is 12.6. The molecule has 0 bridgehead atoms. The minimum absolute atomic E-state index is 0.159. The Balaban J connectivity index is 1.75. The molecule has 6 heteroatoms. The average molecular weight is 463 g/mol. The molecule has 0 aliphatic carbocycles. The molecule has 0 saturated heterocycles. The molecule has 0 aliphatic heterocycles. The van der Waals surface area contributed by atoms with Crippen molar-refractivity contribution in [1.82, 2.24) is 0 Å². The van der Waals surface area contributed by atoms with Crippen LogP contribution in [0.1, 0.15) is 15.9 Å². The lowest BCUT2D eigenvalue weighted by atomic mass is 10.1. The highest BCUT2D eigenvalue weighted by Gasteiger charge is 2.11. The fourth-order valence-electron chi connectivity index (χ4n) is 2.49. The Labute approximate surface area is 176 Å². The van der Waals surface area contributed by atoms with Gasteiger partial charge >= 0.3 is 0 Å². The third kappa shape index (κ3) is 5.51. The van der Waals surface area contributed by atoms with Gasteiger partial charge in [-0.1, -0.05) is 33.6 Å². The van der Waals surface area contributed by atoms with Crippen LogP contribution < -0.4 is 10.1 Å². The molecule has 1 amide bonds. The van der Waals surface area contributed by atoms with E-state index in [2.05, 4.69) is 21.2 Å². The molecule has 0 aliphatic rings. The molecule has 0 heterocycles. The molecule has 3 aromatic carbocycles. The number of halogens is 2. The van der Waals surface area contributed by atoms with E-state index >= 15 is 0 Å². The first kappa shape index (κ1) is 19.8. The molecule has 3 aromatic rings. The Hall–Kier alpha value is -1.95. The fraction of sp³-hybridized carbons (Fsp3) is 0.0952. The Kier molecular flexibility index (Phi) is 6.83. The Morgan fingerprint density at radius 3 is 2.59 bits per heavy atom. The minimum Gasteiger partial charge on any atom is -0.496 e. The van der Waals surface area contributed by atoms with Crippen molar-refractivity contribution >= 4 is 50.9 Å². The number of carbonyl (C=O) groups is 1. The van der Waals surface area contributed by atoms with E-state index in [1.54, 1.807) is 24.9 Å². The lowest BCUT2D eigenvalue weighted by Crippen LogP contribution is -2.12. The van der Waals surface area contributed by atoms with E-state index in [4.69, 9.17) is 16.3 Å². The first-order valence-corrected chi connectivity index (χ1v) is 10.3. The van der Waals surface area contributed by atoms with Gasteiger partial charge in [0, 0.05) is 37.0 Å². The number of nitrogens with one attached hydrogen (secondary N) is 1. The lowest BCUT2D eigenvalue weighted by molar-refractivity contribution is 0.102. The molecule has 0 radical (unpaired) electrons. The van der Waals surface area contributed by atoms with E-state index in [0.717, 1.165) is 26.4 Å².